The summed E-state index contributed by atoms with van der Waals surface area (Å²) >= 11 is 0. The van der Waals surface area contributed by atoms with E-state index in [9.17, 15) is 5.11 Å². The Labute approximate surface area is 209 Å². The van der Waals surface area contributed by atoms with E-state index in [0.29, 0.717) is 13.2 Å². The quantitative estimate of drug-likeness (QED) is 0.331. The summed E-state index contributed by atoms with van der Waals surface area (Å²) in [4.78, 5) is 11.9. The molecular weight excluding hydrogens is 452 g/mol. The summed E-state index contributed by atoms with van der Waals surface area (Å²) in [6, 6.07) is 25.0. The second-order valence-electron chi connectivity index (χ2n) is 9.20. The number of rotatable bonds is 8. The van der Waals surface area contributed by atoms with Crippen LogP contribution in [0.1, 0.15) is 5.56 Å². The van der Waals surface area contributed by atoms with Crippen molar-refractivity contribution in [1.82, 2.24) is 19.4 Å². The number of ether oxygens (including phenoxy) is 2. The molecule has 0 radical (unpaired) electrons. The monoisotopic (exact) mass is 480 g/mol. The molecule has 0 aliphatic carbocycles. The minimum atomic E-state index is -0.177. The van der Waals surface area contributed by atoms with Crippen molar-refractivity contribution in [1.29, 1.82) is 0 Å². The number of pyridine rings is 1. The van der Waals surface area contributed by atoms with E-state index in [1.165, 1.54) is 5.56 Å². The van der Waals surface area contributed by atoms with E-state index >= 15 is 0 Å². The first kappa shape index (κ1) is 22.7. The Morgan fingerprint density at radius 2 is 1.83 bits per heavy atom. The van der Waals surface area contributed by atoms with Crippen LogP contribution in [0.15, 0.2) is 79.1 Å². The van der Waals surface area contributed by atoms with Gasteiger partial charge in [-0.05, 0) is 35.4 Å². The van der Waals surface area contributed by atoms with Crippen LogP contribution in [0.2, 0.25) is 0 Å². The van der Waals surface area contributed by atoms with Crippen LogP contribution in [0.4, 0.5) is 0 Å². The van der Waals surface area contributed by atoms with E-state index in [0.717, 1.165) is 64.3 Å². The molecule has 0 unspecified atom stereocenters. The van der Waals surface area contributed by atoms with Crippen molar-refractivity contribution >= 4 is 21.9 Å². The molecule has 7 nitrogen and oxygen atoms in total. The predicted octanol–water partition coefficient (Wildman–Crippen LogP) is 4.44. The third-order valence-electron chi connectivity index (χ3n) is 6.64. The van der Waals surface area contributed by atoms with Crippen molar-refractivity contribution < 1.29 is 14.6 Å². The number of imidazole rings is 1. The van der Waals surface area contributed by atoms with Crippen molar-refractivity contribution in [2.24, 2.45) is 0 Å². The Hall–Kier alpha value is -3.78. The van der Waals surface area contributed by atoms with E-state index in [1.807, 2.05) is 35.2 Å². The predicted molar refractivity (Wildman–Crippen MR) is 140 cm³/mol. The van der Waals surface area contributed by atoms with E-state index < -0.39 is 0 Å². The highest BCUT2D eigenvalue weighted by Gasteiger charge is 2.23. The number of hydrogen-bond donors (Lipinski definition) is 1. The lowest BCUT2D eigenvalue weighted by Gasteiger charge is -2.35. The van der Waals surface area contributed by atoms with Gasteiger partial charge in [0.2, 0.25) is 0 Å². The summed E-state index contributed by atoms with van der Waals surface area (Å²) in [6.07, 6.45) is 1.63. The maximum Gasteiger partial charge on any atom is 0.139 e. The molecule has 0 spiro atoms. The third kappa shape index (κ3) is 4.44. The van der Waals surface area contributed by atoms with Gasteiger partial charge in [0.1, 0.15) is 24.5 Å². The van der Waals surface area contributed by atoms with Crippen LogP contribution in [-0.2, 0) is 11.3 Å². The Morgan fingerprint density at radius 3 is 2.64 bits per heavy atom. The zero-order chi connectivity index (χ0) is 24.5. The molecule has 0 saturated carbocycles. The summed E-state index contributed by atoms with van der Waals surface area (Å²) in [7, 11) is 1.66. The molecular formula is C29H28N4O3. The molecule has 182 valence electrons. The molecule has 0 atom stereocenters. The maximum absolute atomic E-state index is 9.53. The molecule has 1 saturated heterocycles. The van der Waals surface area contributed by atoms with Crippen LogP contribution in [0.25, 0.3) is 38.9 Å². The zero-order valence-corrected chi connectivity index (χ0v) is 20.2. The molecule has 7 heteroatoms. The molecule has 0 amide bonds. The number of fused-ring (bicyclic) bond motifs is 2. The molecule has 6 rings (SSSR count). The molecule has 1 N–H and O–H groups in total. The molecule has 3 heterocycles. The number of hydrogen-bond acceptors (Lipinski definition) is 6. The largest absolute Gasteiger partial charge is 0.491 e. The van der Waals surface area contributed by atoms with E-state index in [2.05, 4.69) is 58.4 Å². The van der Waals surface area contributed by atoms with Gasteiger partial charge in [-0.3, -0.25) is 9.47 Å². The summed E-state index contributed by atoms with van der Waals surface area (Å²) in [5, 5.41) is 10.6. The van der Waals surface area contributed by atoms with Gasteiger partial charge in [0.05, 0.1) is 29.3 Å². The first-order valence-corrected chi connectivity index (χ1v) is 12.2. The summed E-state index contributed by atoms with van der Waals surface area (Å²) < 4.78 is 12.8. The van der Waals surface area contributed by atoms with Gasteiger partial charge in [-0.2, -0.15) is 0 Å². The molecule has 1 fully saturated rings. The number of para-hydroxylation sites is 1. The third-order valence-corrected chi connectivity index (χ3v) is 6.64. The summed E-state index contributed by atoms with van der Waals surface area (Å²) in [6.45, 7) is 3.41. The van der Waals surface area contributed by atoms with Gasteiger partial charge in [-0.25, -0.2) is 9.97 Å². The van der Waals surface area contributed by atoms with Crippen LogP contribution in [0.3, 0.4) is 0 Å². The number of nitrogens with zero attached hydrogens (tertiary/aromatic N) is 4. The molecule has 2 aromatic heterocycles. The Bertz CT molecular complexity index is 1510. The van der Waals surface area contributed by atoms with Gasteiger partial charge in [0.15, 0.2) is 0 Å². The number of methoxy groups -OCH3 is 1. The van der Waals surface area contributed by atoms with Crippen molar-refractivity contribution in [2.45, 2.75) is 12.6 Å². The molecule has 1 aliphatic rings. The second-order valence-corrected chi connectivity index (χ2v) is 9.20. The average molecular weight is 481 g/mol. The SMILES string of the molecule is COCCOc1ccc2c(c1)ncn2-c1ccc2cccc(-c3ccc(CN4CC(O)C4)cc3)c2n1. The Balaban J connectivity index is 1.31. The first-order valence-electron chi connectivity index (χ1n) is 12.2. The molecule has 1 aliphatic heterocycles. The first-order chi connectivity index (χ1) is 17.7. The van der Waals surface area contributed by atoms with E-state index in [1.54, 1.807) is 7.11 Å². The normalized spacial score (nSPS) is 14.4. The number of aliphatic hydroxyl groups excluding tert-OH is 1. The van der Waals surface area contributed by atoms with Crippen molar-refractivity contribution in [3.63, 3.8) is 0 Å². The number of aromatic nitrogens is 3. The van der Waals surface area contributed by atoms with E-state index in [4.69, 9.17) is 14.5 Å². The minimum absolute atomic E-state index is 0.177. The van der Waals surface area contributed by atoms with Gasteiger partial charge in [-0.1, -0.05) is 42.5 Å². The highest BCUT2D eigenvalue weighted by Crippen LogP contribution is 2.30. The van der Waals surface area contributed by atoms with Crippen LogP contribution in [0.5, 0.6) is 5.75 Å². The van der Waals surface area contributed by atoms with Crippen molar-refractivity contribution in [3.8, 4) is 22.7 Å². The number of β-amino-alcohol motifs (C(OH)–C–C–N with tert-alkyl or cyclic N) is 1. The van der Waals surface area contributed by atoms with Crippen molar-refractivity contribution in [2.75, 3.05) is 33.4 Å². The lowest BCUT2D eigenvalue weighted by molar-refractivity contribution is -0.00286. The molecule has 5 aromatic rings. The molecule has 3 aromatic carbocycles. The highest BCUT2D eigenvalue weighted by molar-refractivity contribution is 5.94. The smallest absolute Gasteiger partial charge is 0.139 e. The van der Waals surface area contributed by atoms with Crippen LogP contribution in [0, 0.1) is 0 Å². The summed E-state index contributed by atoms with van der Waals surface area (Å²) in [5.41, 5.74) is 6.25. The fourth-order valence-corrected chi connectivity index (χ4v) is 4.73. The number of benzene rings is 3. The van der Waals surface area contributed by atoms with Gasteiger partial charge >= 0.3 is 0 Å². The fourth-order valence-electron chi connectivity index (χ4n) is 4.73. The molecule has 36 heavy (non-hydrogen) atoms. The van der Waals surface area contributed by atoms with Gasteiger partial charge in [0.25, 0.3) is 0 Å². The second kappa shape index (κ2) is 9.70. The fraction of sp³-hybridized carbons (Fsp3) is 0.241. The topological polar surface area (TPSA) is 72.6 Å². The van der Waals surface area contributed by atoms with Crippen LogP contribution >= 0.6 is 0 Å². The van der Waals surface area contributed by atoms with Gasteiger partial charge < -0.3 is 14.6 Å². The number of aliphatic hydroxyl groups is 1. The van der Waals surface area contributed by atoms with Crippen LogP contribution in [-0.4, -0.2) is 64.1 Å². The van der Waals surface area contributed by atoms with E-state index in [-0.39, 0.29) is 6.10 Å². The van der Waals surface area contributed by atoms with Crippen molar-refractivity contribution in [3.05, 3.63) is 84.7 Å². The minimum Gasteiger partial charge on any atom is -0.491 e. The standard InChI is InChI=1S/C29H28N4O3/c1-35-13-14-36-24-10-11-27-26(15-24)30-19-33(27)28-12-9-22-3-2-4-25(29(22)31-28)21-7-5-20(6-8-21)16-32-17-23(34)18-32/h2-12,15,19,23,34H,13-14,16-18H2,1H3. The Kier molecular flexibility index (Phi) is 6.11. The number of likely N-dealkylation sites (tertiary alicyclic amines) is 1. The lowest BCUT2D eigenvalue weighted by atomic mass is 10.00. The summed E-state index contributed by atoms with van der Waals surface area (Å²) in [5.74, 6) is 1.59. The zero-order valence-electron chi connectivity index (χ0n) is 20.2. The van der Waals surface area contributed by atoms with Gasteiger partial charge in [-0.15, -0.1) is 0 Å². The lowest BCUT2D eigenvalue weighted by Crippen LogP contribution is -2.49. The Morgan fingerprint density at radius 1 is 0.972 bits per heavy atom. The maximum atomic E-state index is 9.53. The highest BCUT2D eigenvalue weighted by atomic mass is 16.5. The van der Waals surface area contributed by atoms with Gasteiger partial charge in [0, 0.05) is 43.8 Å². The average Bonchev–Trinajstić information content (AvgIpc) is 3.31. The van der Waals surface area contributed by atoms with Crippen LogP contribution < -0.4 is 4.74 Å². The molecule has 0 bridgehead atoms.